The van der Waals surface area contributed by atoms with Gasteiger partial charge in [-0.25, -0.2) is 4.79 Å². The van der Waals surface area contributed by atoms with Crippen molar-refractivity contribution in [1.82, 2.24) is 4.90 Å². The van der Waals surface area contributed by atoms with E-state index in [0.717, 1.165) is 0 Å². The van der Waals surface area contributed by atoms with Gasteiger partial charge in [-0.15, -0.1) is 0 Å². The van der Waals surface area contributed by atoms with Gasteiger partial charge in [0.15, 0.2) is 6.10 Å². The molecule has 1 fully saturated rings. The smallest absolute Gasteiger partial charge is 0.334 e. The Balaban J connectivity index is 2.09. The molecule has 1 amide bonds. The van der Waals surface area contributed by atoms with Crippen molar-refractivity contribution in [2.75, 3.05) is 13.1 Å². The van der Waals surface area contributed by atoms with Crippen LogP contribution in [0.2, 0.25) is 5.02 Å². The fourth-order valence-corrected chi connectivity index (χ4v) is 2.60. The first-order valence-electron chi connectivity index (χ1n) is 6.86. The zero-order valence-corrected chi connectivity index (χ0v) is 13.0. The minimum absolute atomic E-state index is 0.0386. The standard InChI is InChI=1S/C14H15ClN2O6/c1-8-6-16(7-12(23-8)14(19)20)13(18)4-9-2-3-10(17(21)22)5-11(9)15/h2-3,5,8,12H,4,6-7H2,1H3,(H,19,20)/t8-,12?/m1/s1. The summed E-state index contributed by atoms with van der Waals surface area (Å²) in [7, 11) is 0. The van der Waals surface area contributed by atoms with Gasteiger partial charge in [-0.3, -0.25) is 14.9 Å². The number of carboxylic acids is 1. The van der Waals surface area contributed by atoms with Crippen molar-refractivity contribution in [2.45, 2.75) is 25.6 Å². The van der Waals surface area contributed by atoms with Gasteiger partial charge in [0.2, 0.25) is 5.91 Å². The summed E-state index contributed by atoms with van der Waals surface area (Å²) in [4.78, 5) is 34.9. The van der Waals surface area contributed by atoms with Crippen molar-refractivity contribution < 1.29 is 24.4 Å². The molecule has 124 valence electrons. The van der Waals surface area contributed by atoms with Crippen LogP contribution in [0.3, 0.4) is 0 Å². The Morgan fingerprint density at radius 2 is 2.17 bits per heavy atom. The normalized spacial score (nSPS) is 21.0. The van der Waals surface area contributed by atoms with Crippen LogP contribution in [-0.2, 0) is 20.7 Å². The highest BCUT2D eigenvalue weighted by Gasteiger charge is 2.32. The first-order chi connectivity index (χ1) is 10.8. The second kappa shape index (κ2) is 6.93. The third-order valence-electron chi connectivity index (χ3n) is 3.48. The molecule has 0 aromatic heterocycles. The lowest BCUT2D eigenvalue weighted by molar-refractivity contribution is -0.384. The van der Waals surface area contributed by atoms with Gasteiger partial charge in [-0.2, -0.15) is 0 Å². The molecular weight excluding hydrogens is 328 g/mol. The fraction of sp³-hybridized carbons (Fsp3) is 0.429. The quantitative estimate of drug-likeness (QED) is 0.655. The van der Waals surface area contributed by atoms with Crippen LogP contribution in [-0.4, -0.2) is 52.1 Å². The summed E-state index contributed by atoms with van der Waals surface area (Å²) < 4.78 is 5.25. The molecule has 1 aromatic rings. The van der Waals surface area contributed by atoms with E-state index in [4.69, 9.17) is 21.4 Å². The molecule has 2 atom stereocenters. The van der Waals surface area contributed by atoms with Gasteiger partial charge in [0.25, 0.3) is 5.69 Å². The number of ether oxygens (including phenoxy) is 1. The number of carbonyl (C=O) groups excluding carboxylic acids is 1. The maximum atomic E-state index is 12.3. The summed E-state index contributed by atoms with van der Waals surface area (Å²) in [6, 6.07) is 3.89. The lowest BCUT2D eigenvalue weighted by Crippen LogP contribution is -2.52. The molecule has 0 saturated carbocycles. The number of nitrogens with zero attached hydrogens (tertiary/aromatic N) is 2. The molecule has 0 radical (unpaired) electrons. The van der Waals surface area contributed by atoms with Crippen molar-refractivity contribution in [3.63, 3.8) is 0 Å². The van der Waals surface area contributed by atoms with Crippen LogP contribution in [0.4, 0.5) is 5.69 Å². The molecule has 0 spiro atoms. The molecule has 1 aromatic carbocycles. The predicted molar refractivity (Wildman–Crippen MR) is 80.4 cm³/mol. The van der Waals surface area contributed by atoms with E-state index in [1.165, 1.54) is 23.1 Å². The number of amides is 1. The number of hydrogen-bond donors (Lipinski definition) is 1. The molecule has 1 N–H and O–H groups in total. The average molecular weight is 343 g/mol. The Morgan fingerprint density at radius 1 is 1.48 bits per heavy atom. The SMILES string of the molecule is C[C@@H]1CN(C(=O)Cc2ccc([N+](=O)[O-])cc2Cl)CC(C(=O)O)O1. The zero-order valence-electron chi connectivity index (χ0n) is 12.3. The molecule has 1 saturated heterocycles. The molecule has 9 heteroatoms. The number of non-ortho nitro benzene ring substituents is 1. The monoisotopic (exact) mass is 342 g/mol. The number of rotatable bonds is 4. The topological polar surface area (TPSA) is 110 Å². The van der Waals surface area contributed by atoms with Gasteiger partial charge in [-0.05, 0) is 12.5 Å². The lowest BCUT2D eigenvalue weighted by atomic mass is 10.1. The number of morpholine rings is 1. The van der Waals surface area contributed by atoms with Gasteiger partial charge in [0.05, 0.1) is 29.0 Å². The zero-order chi connectivity index (χ0) is 17.1. The Labute approximate surface area is 136 Å². The van der Waals surface area contributed by atoms with Crippen molar-refractivity contribution in [2.24, 2.45) is 0 Å². The summed E-state index contributed by atoms with van der Waals surface area (Å²) >= 11 is 5.97. The number of nitro benzene ring substituents is 1. The van der Waals surface area contributed by atoms with Gasteiger partial charge in [-0.1, -0.05) is 17.7 Å². The van der Waals surface area contributed by atoms with Gasteiger partial charge in [0.1, 0.15) is 0 Å². The molecule has 23 heavy (non-hydrogen) atoms. The van der Waals surface area contributed by atoms with Crippen LogP contribution < -0.4 is 0 Å². The van der Waals surface area contributed by atoms with Gasteiger partial charge in [0, 0.05) is 18.7 Å². The van der Waals surface area contributed by atoms with E-state index >= 15 is 0 Å². The summed E-state index contributed by atoms with van der Waals surface area (Å²) in [5, 5.41) is 19.8. The van der Waals surface area contributed by atoms with Crippen LogP contribution in [0.1, 0.15) is 12.5 Å². The summed E-state index contributed by atoms with van der Waals surface area (Å²) in [5.41, 5.74) is 0.297. The van der Waals surface area contributed by atoms with Gasteiger partial charge < -0.3 is 14.7 Å². The summed E-state index contributed by atoms with van der Waals surface area (Å²) in [6.45, 7) is 1.94. The maximum absolute atomic E-state index is 12.3. The molecule has 2 rings (SSSR count). The third kappa shape index (κ3) is 4.17. The van der Waals surface area contributed by atoms with Crippen molar-refractivity contribution in [3.8, 4) is 0 Å². The van der Waals surface area contributed by atoms with Gasteiger partial charge >= 0.3 is 5.97 Å². The van der Waals surface area contributed by atoms with Crippen molar-refractivity contribution in [1.29, 1.82) is 0 Å². The number of hydrogen-bond acceptors (Lipinski definition) is 5. The average Bonchev–Trinajstić information content (AvgIpc) is 2.48. The first kappa shape index (κ1) is 17.2. The molecule has 1 unspecified atom stereocenters. The largest absolute Gasteiger partial charge is 0.479 e. The third-order valence-corrected chi connectivity index (χ3v) is 3.83. The lowest BCUT2D eigenvalue weighted by Gasteiger charge is -2.35. The minimum atomic E-state index is -1.12. The van der Waals surface area contributed by atoms with E-state index in [0.29, 0.717) is 5.56 Å². The predicted octanol–water partition coefficient (Wildman–Crippen LogP) is 1.49. The van der Waals surface area contributed by atoms with Crippen LogP contribution >= 0.6 is 11.6 Å². The van der Waals surface area contributed by atoms with E-state index in [2.05, 4.69) is 0 Å². The molecule has 1 aliphatic heterocycles. The number of carboxylic acid groups (broad SMARTS) is 1. The Kier molecular flexibility index (Phi) is 5.17. The Bertz CT molecular complexity index is 650. The van der Waals surface area contributed by atoms with Crippen LogP contribution in [0.5, 0.6) is 0 Å². The molecule has 0 aliphatic carbocycles. The van der Waals surface area contributed by atoms with E-state index in [1.807, 2.05) is 0 Å². The molecule has 0 bridgehead atoms. The van der Waals surface area contributed by atoms with Crippen molar-refractivity contribution in [3.05, 3.63) is 38.9 Å². The van der Waals surface area contributed by atoms with E-state index < -0.39 is 17.0 Å². The van der Waals surface area contributed by atoms with E-state index in [1.54, 1.807) is 6.92 Å². The molecule has 1 aliphatic rings. The highest BCUT2D eigenvalue weighted by Crippen LogP contribution is 2.24. The molecule has 1 heterocycles. The van der Waals surface area contributed by atoms with Crippen LogP contribution in [0.25, 0.3) is 0 Å². The molecular formula is C14H15ClN2O6. The second-order valence-electron chi connectivity index (χ2n) is 5.28. The Morgan fingerprint density at radius 3 is 2.74 bits per heavy atom. The fourth-order valence-electron chi connectivity index (χ4n) is 2.36. The first-order valence-corrected chi connectivity index (χ1v) is 7.24. The highest BCUT2D eigenvalue weighted by molar-refractivity contribution is 6.31. The number of aliphatic carboxylic acids is 1. The minimum Gasteiger partial charge on any atom is -0.479 e. The second-order valence-corrected chi connectivity index (χ2v) is 5.69. The number of nitro groups is 1. The number of halogens is 1. The summed E-state index contributed by atoms with van der Waals surface area (Å²) in [6.07, 6.45) is -1.51. The van der Waals surface area contributed by atoms with Crippen molar-refractivity contribution >= 4 is 29.2 Å². The van der Waals surface area contributed by atoms with E-state index in [-0.39, 0.29) is 42.2 Å². The number of carbonyl (C=O) groups is 2. The Hall–Kier alpha value is -2.19. The van der Waals surface area contributed by atoms with E-state index in [9.17, 15) is 19.7 Å². The number of benzene rings is 1. The van der Waals surface area contributed by atoms with Crippen LogP contribution in [0, 0.1) is 10.1 Å². The maximum Gasteiger partial charge on any atom is 0.334 e. The van der Waals surface area contributed by atoms with Crippen LogP contribution in [0.15, 0.2) is 18.2 Å². The summed E-state index contributed by atoms with van der Waals surface area (Å²) in [5.74, 6) is -1.43. The molecule has 8 nitrogen and oxygen atoms in total. The highest BCUT2D eigenvalue weighted by atomic mass is 35.5.